The maximum atomic E-state index is 13.1. The molecule has 1 atom stereocenters. The third-order valence-corrected chi connectivity index (χ3v) is 4.40. The minimum Gasteiger partial charge on any atom is -0.340 e. The number of carbonyl (C=O) groups excluding carboxylic acids is 1. The van der Waals surface area contributed by atoms with Crippen molar-refractivity contribution in [2.24, 2.45) is 0 Å². The predicted molar refractivity (Wildman–Crippen MR) is 88.6 cm³/mol. The first-order chi connectivity index (χ1) is 11.4. The molecule has 2 aromatic rings. The average molecular weight is 323 g/mol. The van der Waals surface area contributed by atoms with E-state index < -0.39 is 0 Å². The fourth-order valence-corrected chi connectivity index (χ4v) is 2.75. The van der Waals surface area contributed by atoms with Gasteiger partial charge in [-0.25, -0.2) is 14.4 Å². The molecule has 2 heterocycles. The van der Waals surface area contributed by atoms with Crippen LogP contribution in [0.4, 0.5) is 4.39 Å². The van der Waals surface area contributed by atoms with E-state index in [9.17, 15) is 9.18 Å². The van der Waals surface area contributed by atoms with Crippen molar-refractivity contribution in [1.82, 2.24) is 14.9 Å². The van der Waals surface area contributed by atoms with Crippen molar-refractivity contribution >= 4 is 5.91 Å². The van der Waals surface area contributed by atoms with Crippen LogP contribution in [0.5, 0.6) is 0 Å². The van der Waals surface area contributed by atoms with Gasteiger partial charge < -0.3 is 4.90 Å². The Labute approximate surface area is 140 Å². The zero-order valence-electron chi connectivity index (χ0n) is 13.9. The topological polar surface area (TPSA) is 46.1 Å². The van der Waals surface area contributed by atoms with Crippen molar-refractivity contribution in [2.45, 2.75) is 31.7 Å². The summed E-state index contributed by atoms with van der Waals surface area (Å²) in [5.74, 6) is 5.71. The molecular formula is C19H18FN3O. The summed E-state index contributed by atoms with van der Waals surface area (Å²) in [6.07, 6.45) is 3.90. The molecule has 1 aromatic heterocycles. The molecule has 1 amide bonds. The average Bonchev–Trinajstić information content (AvgIpc) is 2.77. The van der Waals surface area contributed by atoms with Crippen LogP contribution in [0.25, 0.3) is 0 Å². The number of hydrogen-bond acceptors (Lipinski definition) is 3. The molecule has 3 rings (SSSR count). The molecule has 0 bridgehead atoms. The van der Waals surface area contributed by atoms with E-state index in [1.807, 2.05) is 13.8 Å². The molecule has 1 fully saturated rings. The van der Waals surface area contributed by atoms with Gasteiger partial charge in [0.15, 0.2) is 0 Å². The molecule has 0 N–H and O–H groups in total. The number of likely N-dealkylation sites (tertiary alicyclic amines) is 1. The third kappa shape index (κ3) is 3.13. The molecule has 1 aliphatic heterocycles. The number of likely N-dealkylation sites (N-methyl/N-ethyl adjacent to an activating group) is 1. The van der Waals surface area contributed by atoms with Crippen molar-refractivity contribution in [2.75, 3.05) is 7.05 Å². The Kier molecular flexibility index (Phi) is 4.06. The maximum Gasteiger partial charge on any atom is 0.233 e. The lowest BCUT2D eigenvalue weighted by molar-refractivity contribution is -0.130. The van der Waals surface area contributed by atoms with Crippen LogP contribution in [0, 0.1) is 17.7 Å². The number of hydrogen-bond donors (Lipinski definition) is 0. The summed E-state index contributed by atoms with van der Waals surface area (Å²) in [6.45, 7) is 4.06. The van der Waals surface area contributed by atoms with E-state index in [4.69, 9.17) is 0 Å². The monoisotopic (exact) mass is 323 g/mol. The van der Waals surface area contributed by atoms with E-state index in [-0.39, 0.29) is 23.2 Å². The van der Waals surface area contributed by atoms with E-state index in [1.165, 1.54) is 12.1 Å². The van der Waals surface area contributed by atoms with Gasteiger partial charge in [0.1, 0.15) is 17.6 Å². The summed E-state index contributed by atoms with van der Waals surface area (Å²) in [6, 6.07) is 6.10. The van der Waals surface area contributed by atoms with Gasteiger partial charge in [0.25, 0.3) is 0 Å². The Hall–Kier alpha value is -2.74. The molecule has 0 aliphatic carbocycles. The number of carbonyl (C=O) groups is 1. The highest BCUT2D eigenvalue weighted by Crippen LogP contribution is 2.36. The largest absolute Gasteiger partial charge is 0.340 e. The van der Waals surface area contributed by atoms with E-state index in [0.29, 0.717) is 23.4 Å². The summed E-state index contributed by atoms with van der Waals surface area (Å²) in [5, 5.41) is 0. The molecule has 1 aliphatic rings. The molecule has 0 radical (unpaired) electrons. The molecule has 24 heavy (non-hydrogen) atoms. The van der Waals surface area contributed by atoms with Gasteiger partial charge in [-0.1, -0.05) is 17.9 Å². The lowest BCUT2D eigenvalue weighted by Gasteiger charge is -2.26. The van der Waals surface area contributed by atoms with Gasteiger partial charge in [0, 0.05) is 30.5 Å². The smallest absolute Gasteiger partial charge is 0.233 e. The molecular weight excluding hydrogens is 305 g/mol. The minimum atomic E-state index is -0.320. The second kappa shape index (κ2) is 6.04. The van der Waals surface area contributed by atoms with Crippen LogP contribution in [-0.4, -0.2) is 33.4 Å². The maximum absolute atomic E-state index is 13.1. The van der Waals surface area contributed by atoms with Crippen molar-refractivity contribution in [3.8, 4) is 11.8 Å². The first-order valence-electron chi connectivity index (χ1n) is 7.74. The van der Waals surface area contributed by atoms with Gasteiger partial charge in [0.05, 0.1) is 5.56 Å². The molecule has 0 spiro atoms. The summed E-state index contributed by atoms with van der Waals surface area (Å²) in [5.41, 5.74) is 1.02. The minimum absolute atomic E-state index is 0.0404. The molecule has 1 saturated heterocycles. The van der Waals surface area contributed by atoms with Crippen molar-refractivity contribution in [3.63, 3.8) is 0 Å². The summed E-state index contributed by atoms with van der Waals surface area (Å²) < 4.78 is 13.1. The number of nitrogens with zero attached hydrogens (tertiary/aromatic N) is 3. The zero-order valence-corrected chi connectivity index (χ0v) is 13.9. The van der Waals surface area contributed by atoms with Gasteiger partial charge >= 0.3 is 0 Å². The van der Waals surface area contributed by atoms with Gasteiger partial charge in [-0.3, -0.25) is 4.79 Å². The highest BCUT2D eigenvalue weighted by molar-refractivity contribution is 5.85. The quantitative estimate of drug-likeness (QED) is 0.758. The Morgan fingerprint density at radius 1 is 1.21 bits per heavy atom. The second-order valence-corrected chi connectivity index (χ2v) is 6.56. The standard InChI is InChI=1S/C19H18FN3O/c1-19(2)10-16(18(24)23(19)3)17-21-11-14(12-22-17)8-7-13-5-4-6-15(20)9-13/h4-6,9,11-12,16H,10H2,1-3H3. The van der Waals surface area contributed by atoms with Gasteiger partial charge in [0.2, 0.25) is 5.91 Å². The lowest BCUT2D eigenvalue weighted by atomic mass is 9.96. The first-order valence-corrected chi connectivity index (χ1v) is 7.74. The molecule has 1 aromatic carbocycles. The number of benzene rings is 1. The molecule has 1 unspecified atom stereocenters. The highest BCUT2D eigenvalue weighted by atomic mass is 19.1. The van der Waals surface area contributed by atoms with Crippen LogP contribution >= 0.6 is 0 Å². The Morgan fingerprint density at radius 3 is 2.46 bits per heavy atom. The van der Waals surface area contributed by atoms with Crippen molar-refractivity contribution in [1.29, 1.82) is 0 Å². The predicted octanol–water partition coefficient (Wildman–Crippen LogP) is 2.74. The number of halogens is 1. The van der Waals surface area contributed by atoms with Crippen LogP contribution in [0.2, 0.25) is 0 Å². The van der Waals surface area contributed by atoms with Gasteiger partial charge in [-0.2, -0.15) is 0 Å². The van der Waals surface area contributed by atoms with E-state index >= 15 is 0 Å². The number of rotatable bonds is 1. The summed E-state index contributed by atoms with van der Waals surface area (Å²) in [7, 11) is 1.81. The lowest BCUT2D eigenvalue weighted by Crippen LogP contribution is -2.37. The molecule has 0 saturated carbocycles. The van der Waals surface area contributed by atoms with E-state index in [1.54, 1.807) is 36.5 Å². The SMILES string of the molecule is CN1C(=O)C(c2ncc(C#Cc3cccc(F)c3)cn2)CC1(C)C. The van der Waals surface area contributed by atoms with Crippen LogP contribution in [0.1, 0.15) is 43.1 Å². The first kappa shape index (κ1) is 16.1. The molecule has 5 heteroatoms. The Bertz CT molecular complexity index is 834. The Morgan fingerprint density at radius 2 is 1.88 bits per heavy atom. The fraction of sp³-hybridized carbons (Fsp3) is 0.316. The zero-order chi connectivity index (χ0) is 17.3. The van der Waals surface area contributed by atoms with Crippen molar-refractivity contribution in [3.05, 3.63) is 59.4 Å². The van der Waals surface area contributed by atoms with Gasteiger partial charge in [-0.05, 0) is 38.5 Å². The fourth-order valence-electron chi connectivity index (χ4n) is 2.75. The van der Waals surface area contributed by atoms with E-state index in [0.717, 1.165) is 0 Å². The summed E-state index contributed by atoms with van der Waals surface area (Å²) in [4.78, 5) is 22.7. The Balaban J connectivity index is 1.79. The van der Waals surface area contributed by atoms with Crippen LogP contribution in [0.3, 0.4) is 0 Å². The molecule has 122 valence electrons. The van der Waals surface area contributed by atoms with Gasteiger partial charge in [-0.15, -0.1) is 0 Å². The third-order valence-electron chi connectivity index (χ3n) is 4.40. The number of aromatic nitrogens is 2. The van der Waals surface area contributed by atoms with Crippen LogP contribution in [-0.2, 0) is 4.79 Å². The normalized spacial score (nSPS) is 19.1. The summed E-state index contributed by atoms with van der Waals surface area (Å²) >= 11 is 0. The number of amides is 1. The van der Waals surface area contributed by atoms with Crippen LogP contribution in [0.15, 0.2) is 36.7 Å². The van der Waals surface area contributed by atoms with E-state index in [2.05, 4.69) is 21.8 Å². The highest BCUT2D eigenvalue weighted by Gasteiger charge is 2.44. The van der Waals surface area contributed by atoms with Crippen molar-refractivity contribution < 1.29 is 9.18 Å². The second-order valence-electron chi connectivity index (χ2n) is 6.56. The van der Waals surface area contributed by atoms with Crippen LogP contribution < -0.4 is 0 Å². The molecule has 4 nitrogen and oxygen atoms in total.